The Hall–Kier alpha value is -2.43. The number of hydrogen-bond donors (Lipinski definition) is 0. The Labute approximate surface area is 122 Å². The van der Waals surface area contributed by atoms with Gasteiger partial charge in [-0.3, -0.25) is 9.59 Å². The monoisotopic (exact) mass is 288 g/mol. The van der Waals surface area contributed by atoms with Crippen molar-refractivity contribution >= 4 is 17.7 Å². The number of ether oxygens (including phenoxy) is 2. The van der Waals surface area contributed by atoms with Crippen molar-refractivity contribution in [2.45, 2.75) is 26.2 Å². The third-order valence-electron chi connectivity index (χ3n) is 3.48. The summed E-state index contributed by atoms with van der Waals surface area (Å²) < 4.78 is 9.68. The molecule has 0 fully saturated rings. The van der Waals surface area contributed by atoms with E-state index in [4.69, 9.17) is 4.74 Å². The van der Waals surface area contributed by atoms with E-state index in [-0.39, 0.29) is 24.1 Å². The summed E-state index contributed by atoms with van der Waals surface area (Å²) in [5.74, 6) is -0.902. The molecule has 1 aromatic carbocycles. The maximum atomic E-state index is 11.8. The van der Waals surface area contributed by atoms with Crippen LogP contribution in [0.2, 0.25) is 0 Å². The third-order valence-corrected chi connectivity index (χ3v) is 3.48. The highest BCUT2D eigenvalue weighted by Gasteiger charge is 2.31. The lowest BCUT2D eigenvalue weighted by Gasteiger charge is -2.25. The maximum absolute atomic E-state index is 11.8. The number of esters is 2. The van der Waals surface area contributed by atoms with Gasteiger partial charge in [0.15, 0.2) is 5.78 Å². The lowest BCUT2D eigenvalue weighted by atomic mass is 9.84. The summed E-state index contributed by atoms with van der Waals surface area (Å²) in [7, 11) is 1.31. The number of rotatable bonds is 3. The van der Waals surface area contributed by atoms with E-state index in [1.165, 1.54) is 14.0 Å². The summed E-state index contributed by atoms with van der Waals surface area (Å²) >= 11 is 0. The average Bonchev–Trinajstić information content (AvgIpc) is 2.45. The molecule has 0 saturated heterocycles. The van der Waals surface area contributed by atoms with E-state index in [9.17, 15) is 14.4 Å². The molecule has 21 heavy (non-hydrogen) atoms. The molecule has 0 spiro atoms. The Morgan fingerprint density at radius 3 is 2.38 bits per heavy atom. The molecular formula is C16H16O5. The highest BCUT2D eigenvalue weighted by molar-refractivity contribution is 5.97. The molecule has 5 heteroatoms. The van der Waals surface area contributed by atoms with E-state index in [0.29, 0.717) is 16.9 Å². The van der Waals surface area contributed by atoms with E-state index < -0.39 is 5.97 Å². The van der Waals surface area contributed by atoms with Gasteiger partial charge in [0.25, 0.3) is 0 Å². The Morgan fingerprint density at radius 2 is 1.86 bits per heavy atom. The highest BCUT2D eigenvalue weighted by atomic mass is 16.5. The first-order valence-corrected chi connectivity index (χ1v) is 6.54. The molecule has 1 aliphatic heterocycles. The second kappa shape index (κ2) is 5.91. The second-order valence-corrected chi connectivity index (χ2v) is 4.87. The zero-order chi connectivity index (χ0) is 15.6. The lowest BCUT2D eigenvalue weighted by molar-refractivity contribution is -0.141. The summed E-state index contributed by atoms with van der Waals surface area (Å²) in [6, 6.07) is 6.69. The van der Waals surface area contributed by atoms with Gasteiger partial charge in [0.2, 0.25) is 0 Å². The number of methoxy groups -OCH3 is 1. The molecule has 0 aliphatic carbocycles. The van der Waals surface area contributed by atoms with E-state index in [1.54, 1.807) is 31.2 Å². The quantitative estimate of drug-likeness (QED) is 0.799. The standard InChI is InChI=1S/C16H16O5/c1-9(17)15-10(2)21-14(18)8-13(15)11-4-6-12(7-5-11)16(19)20-3/h4-7,13H,8H2,1-3H3. The van der Waals surface area contributed by atoms with Crippen LogP contribution in [-0.4, -0.2) is 24.8 Å². The van der Waals surface area contributed by atoms with Crippen molar-refractivity contribution in [3.8, 4) is 0 Å². The second-order valence-electron chi connectivity index (χ2n) is 4.87. The minimum atomic E-state index is -0.428. The van der Waals surface area contributed by atoms with Gasteiger partial charge in [-0.15, -0.1) is 0 Å². The van der Waals surface area contributed by atoms with Crippen LogP contribution in [-0.2, 0) is 19.1 Å². The fraction of sp³-hybridized carbons (Fsp3) is 0.312. The number of hydrogen-bond acceptors (Lipinski definition) is 5. The molecule has 1 aromatic rings. The van der Waals surface area contributed by atoms with E-state index in [1.807, 2.05) is 0 Å². The van der Waals surface area contributed by atoms with E-state index in [0.717, 1.165) is 5.56 Å². The van der Waals surface area contributed by atoms with E-state index >= 15 is 0 Å². The van der Waals surface area contributed by atoms with Crippen LogP contribution in [0.25, 0.3) is 0 Å². The van der Waals surface area contributed by atoms with Crippen LogP contribution in [0.15, 0.2) is 35.6 Å². The van der Waals surface area contributed by atoms with Crippen LogP contribution in [0.4, 0.5) is 0 Å². The zero-order valence-electron chi connectivity index (χ0n) is 12.1. The predicted molar refractivity (Wildman–Crippen MR) is 74.6 cm³/mol. The smallest absolute Gasteiger partial charge is 0.337 e. The molecule has 2 rings (SSSR count). The van der Waals surface area contributed by atoms with Gasteiger partial charge in [0, 0.05) is 11.5 Å². The molecule has 0 N–H and O–H groups in total. The van der Waals surface area contributed by atoms with Crippen molar-refractivity contribution in [3.05, 3.63) is 46.7 Å². The summed E-state index contributed by atoms with van der Waals surface area (Å²) in [5.41, 5.74) is 1.72. The molecular weight excluding hydrogens is 272 g/mol. The number of Topliss-reactive ketones (excluding diaryl/α,β-unsaturated/α-hetero) is 1. The number of carbonyl (C=O) groups is 3. The summed E-state index contributed by atoms with van der Waals surface area (Å²) in [4.78, 5) is 34.8. The molecule has 1 atom stereocenters. The van der Waals surface area contributed by atoms with Crippen molar-refractivity contribution in [2.24, 2.45) is 0 Å². The molecule has 0 saturated carbocycles. The first-order valence-electron chi connectivity index (χ1n) is 6.54. The number of allylic oxidation sites excluding steroid dienone is 2. The Bertz CT molecular complexity index is 625. The Balaban J connectivity index is 2.39. The molecule has 0 bridgehead atoms. The Morgan fingerprint density at radius 1 is 1.24 bits per heavy atom. The van der Waals surface area contributed by atoms with Crippen LogP contribution in [0, 0.1) is 0 Å². The summed E-state index contributed by atoms with van der Waals surface area (Å²) in [6.07, 6.45) is 0.115. The zero-order valence-corrected chi connectivity index (χ0v) is 12.1. The van der Waals surface area contributed by atoms with Gasteiger partial charge < -0.3 is 9.47 Å². The van der Waals surface area contributed by atoms with Gasteiger partial charge in [0.1, 0.15) is 5.76 Å². The maximum Gasteiger partial charge on any atom is 0.337 e. The van der Waals surface area contributed by atoms with Gasteiger partial charge in [-0.2, -0.15) is 0 Å². The molecule has 1 heterocycles. The van der Waals surface area contributed by atoms with Gasteiger partial charge in [0.05, 0.1) is 19.1 Å². The van der Waals surface area contributed by atoms with Crippen LogP contribution < -0.4 is 0 Å². The third kappa shape index (κ3) is 3.02. The van der Waals surface area contributed by atoms with Gasteiger partial charge in [-0.05, 0) is 31.5 Å². The minimum absolute atomic E-state index is 0.115. The largest absolute Gasteiger partial charge is 0.465 e. The van der Waals surface area contributed by atoms with Crippen molar-refractivity contribution in [2.75, 3.05) is 7.11 Å². The van der Waals surface area contributed by atoms with Crippen LogP contribution in [0.5, 0.6) is 0 Å². The SMILES string of the molecule is COC(=O)c1ccc(C2CC(=O)OC(C)=C2C(C)=O)cc1. The van der Waals surface area contributed by atoms with Gasteiger partial charge in [-0.1, -0.05) is 12.1 Å². The van der Waals surface area contributed by atoms with Gasteiger partial charge in [-0.25, -0.2) is 4.79 Å². The number of carbonyl (C=O) groups excluding carboxylic acids is 3. The fourth-order valence-corrected chi connectivity index (χ4v) is 2.53. The summed E-state index contributed by atoms with van der Waals surface area (Å²) in [6.45, 7) is 3.07. The van der Waals surface area contributed by atoms with Crippen LogP contribution in [0.1, 0.15) is 42.1 Å². The van der Waals surface area contributed by atoms with Gasteiger partial charge >= 0.3 is 11.9 Å². The van der Waals surface area contributed by atoms with E-state index in [2.05, 4.69) is 4.74 Å². The minimum Gasteiger partial charge on any atom is -0.465 e. The van der Waals surface area contributed by atoms with Crippen LogP contribution >= 0.6 is 0 Å². The number of cyclic esters (lactones) is 1. The number of ketones is 1. The van der Waals surface area contributed by atoms with Crippen LogP contribution in [0.3, 0.4) is 0 Å². The predicted octanol–water partition coefficient (Wildman–Crippen LogP) is 2.37. The molecule has 0 radical (unpaired) electrons. The Kier molecular flexibility index (Phi) is 4.21. The van der Waals surface area contributed by atoms with Crippen molar-refractivity contribution in [3.63, 3.8) is 0 Å². The lowest BCUT2D eigenvalue weighted by Crippen LogP contribution is -2.23. The fourth-order valence-electron chi connectivity index (χ4n) is 2.53. The van der Waals surface area contributed by atoms with Crippen molar-refractivity contribution in [1.29, 1.82) is 0 Å². The first kappa shape index (κ1) is 15.0. The van der Waals surface area contributed by atoms with Crippen molar-refractivity contribution in [1.82, 2.24) is 0 Å². The molecule has 5 nitrogen and oxygen atoms in total. The normalized spacial score (nSPS) is 18.2. The first-order chi connectivity index (χ1) is 9.93. The molecule has 1 unspecified atom stereocenters. The summed E-state index contributed by atoms with van der Waals surface area (Å²) in [5, 5.41) is 0. The molecule has 1 aliphatic rings. The number of benzene rings is 1. The van der Waals surface area contributed by atoms with Crippen molar-refractivity contribution < 1.29 is 23.9 Å². The molecule has 0 amide bonds. The average molecular weight is 288 g/mol. The molecule has 110 valence electrons. The molecule has 0 aromatic heterocycles. The highest BCUT2D eigenvalue weighted by Crippen LogP contribution is 2.35. The topological polar surface area (TPSA) is 69.7 Å².